The normalized spacial score (nSPS) is 23.5. The fourth-order valence-corrected chi connectivity index (χ4v) is 4.34. The standard InChI is InChI=1S/C26H36F4O5/c1-2-14-34-25(33)11-6-4-3-5-10-21-22(24(32)16-23(21)31)13-12-19(27)17-35-20-9-7-8-18(15-20)26(28,29)30/h3,5,7-9,15,19,21-24,31-32H,2,4,6,10-14,16-17H2,1H3/t19-,21-,22-,23+,24-/m1/s1. The number of benzene rings is 1. The van der Waals surface area contributed by atoms with Gasteiger partial charge in [0.2, 0.25) is 0 Å². The molecule has 0 saturated heterocycles. The Morgan fingerprint density at radius 2 is 1.94 bits per heavy atom. The Bertz CT molecular complexity index is 798. The Morgan fingerprint density at radius 3 is 2.66 bits per heavy atom. The molecule has 0 unspecified atom stereocenters. The molecule has 0 heterocycles. The van der Waals surface area contributed by atoms with Crippen LogP contribution in [-0.2, 0) is 15.7 Å². The number of esters is 1. The van der Waals surface area contributed by atoms with Crippen LogP contribution in [0, 0.1) is 11.8 Å². The molecule has 0 amide bonds. The number of allylic oxidation sites excluding steroid dienone is 2. The van der Waals surface area contributed by atoms with Crippen molar-refractivity contribution in [3.63, 3.8) is 0 Å². The van der Waals surface area contributed by atoms with Gasteiger partial charge in [0.25, 0.3) is 0 Å². The highest BCUT2D eigenvalue weighted by atomic mass is 19.4. The maximum atomic E-state index is 14.4. The van der Waals surface area contributed by atoms with Gasteiger partial charge in [-0.1, -0.05) is 25.1 Å². The van der Waals surface area contributed by atoms with E-state index in [0.29, 0.717) is 38.7 Å². The summed E-state index contributed by atoms with van der Waals surface area (Å²) < 4.78 is 63.0. The second-order valence-corrected chi connectivity index (χ2v) is 9.03. The number of aliphatic hydroxyl groups is 2. The lowest BCUT2D eigenvalue weighted by atomic mass is 9.86. The van der Waals surface area contributed by atoms with Crippen molar-refractivity contribution in [2.24, 2.45) is 11.8 Å². The lowest BCUT2D eigenvalue weighted by Crippen LogP contribution is -2.24. The first kappa shape index (κ1) is 29.1. The summed E-state index contributed by atoms with van der Waals surface area (Å²) in [5.74, 6) is -0.772. The van der Waals surface area contributed by atoms with E-state index in [2.05, 4.69) is 0 Å². The van der Waals surface area contributed by atoms with Crippen LogP contribution in [-0.4, -0.2) is 47.8 Å². The lowest BCUT2D eigenvalue weighted by molar-refractivity contribution is -0.143. The molecule has 0 aromatic heterocycles. The van der Waals surface area contributed by atoms with Gasteiger partial charge >= 0.3 is 12.1 Å². The number of carbonyl (C=O) groups is 1. The zero-order valence-electron chi connectivity index (χ0n) is 20.1. The van der Waals surface area contributed by atoms with Gasteiger partial charge in [0, 0.05) is 6.42 Å². The number of aliphatic hydroxyl groups excluding tert-OH is 2. The number of carbonyl (C=O) groups excluding carboxylic acids is 1. The fourth-order valence-electron chi connectivity index (χ4n) is 4.34. The summed E-state index contributed by atoms with van der Waals surface area (Å²) in [5, 5.41) is 20.7. The molecule has 1 aromatic carbocycles. The quantitative estimate of drug-likeness (QED) is 0.149. The molecule has 198 valence electrons. The highest BCUT2D eigenvalue weighted by molar-refractivity contribution is 5.69. The maximum Gasteiger partial charge on any atom is 0.416 e. The topological polar surface area (TPSA) is 76.0 Å². The van der Waals surface area contributed by atoms with Gasteiger partial charge in [-0.2, -0.15) is 13.2 Å². The molecular formula is C26H36F4O5. The molecule has 1 saturated carbocycles. The van der Waals surface area contributed by atoms with E-state index in [-0.39, 0.29) is 36.4 Å². The first-order valence-electron chi connectivity index (χ1n) is 12.2. The van der Waals surface area contributed by atoms with Crippen LogP contribution in [0.5, 0.6) is 5.75 Å². The molecule has 1 aromatic rings. The van der Waals surface area contributed by atoms with Gasteiger partial charge in [0.1, 0.15) is 18.5 Å². The molecule has 5 nitrogen and oxygen atoms in total. The third kappa shape index (κ3) is 10.2. The minimum absolute atomic E-state index is 0.0551. The van der Waals surface area contributed by atoms with Crippen molar-refractivity contribution in [1.82, 2.24) is 0 Å². The van der Waals surface area contributed by atoms with Crippen LogP contribution in [0.1, 0.15) is 63.9 Å². The van der Waals surface area contributed by atoms with Crippen LogP contribution in [0.4, 0.5) is 17.6 Å². The summed E-state index contributed by atoms with van der Waals surface area (Å²) in [6.07, 6.45) is 0.123. The van der Waals surface area contributed by atoms with Crippen LogP contribution in [0.3, 0.4) is 0 Å². The average Bonchev–Trinajstić information content (AvgIpc) is 3.08. The fraction of sp³-hybridized carbons (Fsp3) is 0.654. The summed E-state index contributed by atoms with van der Waals surface area (Å²) in [7, 11) is 0. The van der Waals surface area contributed by atoms with E-state index in [9.17, 15) is 32.6 Å². The Kier molecular flexibility index (Phi) is 12.0. The molecule has 5 atom stereocenters. The molecule has 0 aliphatic heterocycles. The molecule has 1 aliphatic rings. The summed E-state index contributed by atoms with van der Waals surface area (Å²) in [4.78, 5) is 11.5. The zero-order chi connectivity index (χ0) is 25.8. The Hall–Kier alpha value is -2.13. The van der Waals surface area contributed by atoms with Gasteiger partial charge in [0.05, 0.1) is 24.4 Å². The highest BCUT2D eigenvalue weighted by Gasteiger charge is 2.40. The van der Waals surface area contributed by atoms with E-state index < -0.39 is 36.7 Å². The number of ether oxygens (including phenoxy) is 2. The molecule has 9 heteroatoms. The van der Waals surface area contributed by atoms with Crippen molar-refractivity contribution in [2.75, 3.05) is 13.2 Å². The van der Waals surface area contributed by atoms with Crippen LogP contribution in [0.2, 0.25) is 0 Å². The predicted molar refractivity (Wildman–Crippen MR) is 124 cm³/mol. The zero-order valence-corrected chi connectivity index (χ0v) is 20.1. The van der Waals surface area contributed by atoms with Crippen LogP contribution in [0.25, 0.3) is 0 Å². The van der Waals surface area contributed by atoms with Crippen molar-refractivity contribution in [1.29, 1.82) is 0 Å². The summed E-state index contributed by atoms with van der Waals surface area (Å²) in [6.45, 7) is 1.97. The summed E-state index contributed by atoms with van der Waals surface area (Å²) in [6, 6.07) is 4.30. The average molecular weight is 505 g/mol. The van der Waals surface area contributed by atoms with Gasteiger partial charge in [-0.25, -0.2) is 4.39 Å². The molecule has 2 rings (SSSR count). The molecule has 0 bridgehead atoms. The minimum atomic E-state index is -4.50. The lowest BCUT2D eigenvalue weighted by Gasteiger charge is -2.23. The van der Waals surface area contributed by atoms with E-state index in [0.717, 1.165) is 18.6 Å². The van der Waals surface area contributed by atoms with Gasteiger partial charge < -0.3 is 19.7 Å². The number of hydrogen-bond donors (Lipinski definition) is 2. The number of rotatable bonds is 14. The molecule has 0 spiro atoms. The molecular weight excluding hydrogens is 468 g/mol. The van der Waals surface area contributed by atoms with E-state index >= 15 is 0 Å². The third-order valence-electron chi connectivity index (χ3n) is 6.22. The van der Waals surface area contributed by atoms with Crippen molar-refractivity contribution in [2.45, 2.75) is 82.8 Å². The van der Waals surface area contributed by atoms with Crippen molar-refractivity contribution in [3.05, 3.63) is 42.0 Å². The monoisotopic (exact) mass is 504 g/mol. The van der Waals surface area contributed by atoms with Crippen molar-refractivity contribution < 1.29 is 42.0 Å². The first-order valence-corrected chi connectivity index (χ1v) is 12.2. The third-order valence-corrected chi connectivity index (χ3v) is 6.22. The number of hydrogen-bond acceptors (Lipinski definition) is 5. The predicted octanol–water partition coefficient (Wildman–Crippen LogP) is 5.63. The second kappa shape index (κ2) is 14.4. The number of unbranched alkanes of at least 4 members (excludes halogenated alkanes) is 1. The Morgan fingerprint density at radius 1 is 1.20 bits per heavy atom. The first-order chi connectivity index (χ1) is 16.6. The molecule has 1 fully saturated rings. The van der Waals surface area contributed by atoms with Crippen LogP contribution in [0.15, 0.2) is 36.4 Å². The van der Waals surface area contributed by atoms with Gasteiger partial charge in [-0.05, 0) is 75.0 Å². The highest BCUT2D eigenvalue weighted by Crippen LogP contribution is 2.38. The van der Waals surface area contributed by atoms with Gasteiger partial charge in [-0.15, -0.1) is 0 Å². The molecule has 35 heavy (non-hydrogen) atoms. The Balaban J connectivity index is 1.75. The van der Waals surface area contributed by atoms with Crippen molar-refractivity contribution >= 4 is 5.97 Å². The van der Waals surface area contributed by atoms with Gasteiger partial charge in [-0.3, -0.25) is 4.79 Å². The Labute approximate surface area is 204 Å². The van der Waals surface area contributed by atoms with Crippen LogP contribution >= 0.6 is 0 Å². The SMILES string of the molecule is CCCOC(=O)CCCC=CC[C@@H]1[C@@H](CC[C@@H](F)COc2cccc(C(F)(F)F)c2)[C@H](O)C[C@@H]1O. The van der Waals surface area contributed by atoms with E-state index in [1.165, 1.54) is 12.1 Å². The number of alkyl halides is 4. The van der Waals surface area contributed by atoms with Crippen molar-refractivity contribution in [3.8, 4) is 5.75 Å². The second-order valence-electron chi connectivity index (χ2n) is 9.03. The smallest absolute Gasteiger partial charge is 0.416 e. The summed E-state index contributed by atoms with van der Waals surface area (Å²) >= 11 is 0. The van der Waals surface area contributed by atoms with Crippen LogP contribution < -0.4 is 4.74 Å². The van der Waals surface area contributed by atoms with E-state index in [1.54, 1.807) is 0 Å². The number of halogens is 4. The van der Waals surface area contributed by atoms with E-state index in [4.69, 9.17) is 9.47 Å². The molecule has 1 aliphatic carbocycles. The minimum Gasteiger partial charge on any atom is -0.491 e. The van der Waals surface area contributed by atoms with Gasteiger partial charge in [0.15, 0.2) is 0 Å². The largest absolute Gasteiger partial charge is 0.491 e. The molecule has 2 N–H and O–H groups in total. The molecule has 0 radical (unpaired) electrons. The maximum absolute atomic E-state index is 14.4. The van der Waals surface area contributed by atoms with E-state index in [1.807, 2.05) is 19.1 Å². The summed E-state index contributed by atoms with van der Waals surface area (Å²) in [5.41, 5.74) is -0.860.